The Hall–Kier alpha value is -3.43. The van der Waals surface area contributed by atoms with Gasteiger partial charge < -0.3 is 24.1 Å². The maximum absolute atomic E-state index is 12.7. The lowest BCUT2D eigenvalue weighted by Crippen LogP contribution is -2.45. The van der Waals surface area contributed by atoms with Gasteiger partial charge in [0.25, 0.3) is 0 Å². The molecule has 0 radical (unpaired) electrons. The number of esters is 4. The van der Waals surface area contributed by atoms with Gasteiger partial charge in [-0.25, -0.2) is 14.4 Å². The van der Waals surface area contributed by atoms with E-state index in [-0.39, 0.29) is 0 Å². The van der Waals surface area contributed by atoms with Gasteiger partial charge in [-0.15, -0.1) is 0 Å². The first-order chi connectivity index (χ1) is 15.2. The molecular formula is C22H28O10. The highest BCUT2D eigenvalue weighted by molar-refractivity contribution is 5.83. The second kappa shape index (κ2) is 13.1. The molecule has 2 unspecified atom stereocenters. The van der Waals surface area contributed by atoms with Gasteiger partial charge in [-0.05, 0) is 12.8 Å². The Morgan fingerprint density at radius 3 is 1.47 bits per heavy atom. The van der Waals surface area contributed by atoms with Gasteiger partial charge in [0.1, 0.15) is 31.8 Å². The predicted octanol–water partition coefficient (Wildman–Crippen LogP) is 1.59. The third-order valence-electron chi connectivity index (χ3n) is 4.97. The number of carboxylic acids is 1. The molecule has 1 saturated carbocycles. The van der Waals surface area contributed by atoms with Crippen molar-refractivity contribution in [3.8, 4) is 0 Å². The monoisotopic (exact) mass is 452 g/mol. The fourth-order valence-electron chi connectivity index (χ4n) is 3.14. The summed E-state index contributed by atoms with van der Waals surface area (Å²) in [6.07, 6.45) is 4.79. The zero-order valence-corrected chi connectivity index (χ0v) is 17.8. The first kappa shape index (κ1) is 26.6. The van der Waals surface area contributed by atoms with Crippen LogP contribution in [0.15, 0.2) is 38.0 Å². The van der Waals surface area contributed by atoms with Crippen molar-refractivity contribution in [2.24, 2.45) is 17.3 Å². The van der Waals surface area contributed by atoms with E-state index in [4.69, 9.17) is 18.9 Å². The second-order valence-electron chi connectivity index (χ2n) is 7.38. The van der Waals surface area contributed by atoms with Crippen molar-refractivity contribution in [2.45, 2.75) is 25.7 Å². The summed E-state index contributed by atoms with van der Waals surface area (Å²) in [6.45, 7) is 8.02. The molecule has 0 heterocycles. The van der Waals surface area contributed by atoms with Crippen LogP contribution in [-0.2, 0) is 42.9 Å². The maximum atomic E-state index is 12.7. The molecule has 0 aliphatic heterocycles. The molecule has 0 saturated heterocycles. The lowest BCUT2D eigenvalue weighted by Gasteiger charge is -2.33. The molecule has 0 spiro atoms. The van der Waals surface area contributed by atoms with Crippen LogP contribution in [0.1, 0.15) is 25.7 Å². The molecule has 0 bridgehead atoms. The van der Waals surface area contributed by atoms with E-state index in [1.165, 1.54) is 0 Å². The molecule has 1 aliphatic carbocycles. The normalized spacial score (nSPS) is 17.9. The minimum atomic E-state index is -1.46. The molecule has 1 fully saturated rings. The Morgan fingerprint density at radius 1 is 0.719 bits per heavy atom. The largest absolute Gasteiger partial charge is 0.481 e. The minimum absolute atomic E-state index is 0.352. The van der Waals surface area contributed by atoms with Crippen molar-refractivity contribution in [3.05, 3.63) is 38.0 Å². The zero-order chi connectivity index (χ0) is 24.1. The van der Waals surface area contributed by atoms with Gasteiger partial charge in [0.15, 0.2) is 0 Å². The van der Waals surface area contributed by atoms with Gasteiger partial charge in [-0.2, -0.15) is 0 Å². The minimum Gasteiger partial charge on any atom is -0.481 e. The molecule has 2 atom stereocenters. The van der Waals surface area contributed by atoms with E-state index < -0.39 is 73.5 Å². The summed E-state index contributed by atoms with van der Waals surface area (Å²) >= 11 is 0. The fraction of sp³-hybridized carbons (Fsp3) is 0.500. The van der Waals surface area contributed by atoms with E-state index in [0.717, 1.165) is 18.2 Å². The lowest BCUT2D eigenvalue weighted by molar-refractivity contribution is -0.172. The summed E-state index contributed by atoms with van der Waals surface area (Å²) in [4.78, 5) is 58.9. The standard InChI is InChI=1S/C22H28O10/c1-4-17(23)29-11-22(12-30-18(24)5-2,13-31-19(25)6-3)14-32-21(28)16-10-8-7-9-15(16)20(26)27/h4-6,15-16H,1-3,7-14H2,(H,26,27). The molecule has 0 amide bonds. The van der Waals surface area contributed by atoms with Gasteiger partial charge in [-0.3, -0.25) is 9.59 Å². The quantitative estimate of drug-likeness (QED) is 0.249. The summed E-state index contributed by atoms with van der Waals surface area (Å²) in [6, 6.07) is 0. The second-order valence-corrected chi connectivity index (χ2v) is 7.38. The van der Waals surface area contributed by atoms with Gasteiger partial charge in [0, 0.05) is 18.2 Å². The zero-order valence-electron chi connectivity index (χ0n) is 17.8. The maximum Gasteiger partial charge on any atom is 0.330 e. The summed E-state index contributed by atoms with van der Waals surface area (Å²) < 4.78 is 20.5. The van der Waals surface area contributed by atoms with Crippen LogP contribution in [0.5, 0.6) is 0 Å². The highest BCUT2D eigenvalue weighted by Crippen LogP contribution is 2.32. The van der Waals surface area contributed by atoms with Crippen molar-refractivity contribution in [2.75, 3.05) is 26.4 Å². The van der Waals surface area contributed by atoms with Crippen molar-refractivity contribution in [3.63, 3.8) is 0 Å². The molecule has 1 rings (SSSR count). The molecule has 10 heteroatoms. The van der Waals surface area contributed by atoms with Crippen LogP contribution in [0.3, 0.4) is 0 Å². The van der Waals surface area contributed by atoms with E-state index in [1.54, 1.807) is 0 Å². The van der Waals surface area contributed by atoms with Crippen LogP contribution in [0.2, 0.25) is 0 Å². The average molecular weight is 452 g/mol. The van der Waals surface area contributed by atoms with E-state index in [9.17, 15) is 29.1 Å². The smallest absolute Gasteiger partial charge is 0.330 e. The number of carbonyl (C=O) groups excluding carboxylic acids is 4. The topological polar surface area (TPSA) is 142 Å². The van der Waals surface area contributed by atoms with Crippen LogP contribution in [0.4, 0.5) is 0 Å². The van der Waals surface area contributed by atoms with Gasteiger partial charge >= 0.3 is 29.8 Å². The van der Waals surface area contributed by atoms with E-state index >= 15 is 0 Å². The molecule has 32 heavy (non-hydrogen) atoms. The van der Waals surface area contributed by atoms with Crippen LogP contribution in [0.25, 0.3) is 0 Å². The number of carbonyl (C=O) groups is 5. The van der Waals surface area contributed by atoms with Crippen LogP contribution in [-0.4, -0.2) is 61.4 Å². The Labute approximate surface area is 185 Å². The van der Waals surface area contributed by atoms with Crippen LogP contribution in [0, 0.1) is 17.3 Å². The molecule has 176 valence electrons. The number of hydrogen-bond donors (Lipinski definition) is 1. The predicted molar refractivity (Wildman–Crippen MR) is 110 cm³/mol. The van der Waals surface area contributed by atoms with Gasteiger partial charge in [0.2, 0.25) is 0 Å². The third kappa shape index (κ3) is 8.37. The van der Waals surface area contributed by atoms with Crippen molar-refractivity contribution in [1.82, 2.24) is 0 Å². The van der Waals surface area contributed by atoms with Gasteiger partial charge in [0.05, 0.1) is 11.8 Å². The van der Waals surface area contributed by atoms with Crippen molar-refractivity contribution < 1.29 is 48.0 Å². The molecular weight excluding hydrogens is 424 g/mol. The first-order valence-corrected chi connectivity index (χ1v) is 9.95. The molecule has 0 aromatic carbocycles. The Morgan fingerprint density at radius 2 is 1.09 bits per heavy atom. The SMILES string of the molecule is C=CC(=O)OCC(COC(=O)C=C)(COC(=O)C=C)COC(=O)C1CCCCC1C(=O)O. The highest BCUT2D eigenvalue weighted by Gasteiger charge is 2.41. The highest BCUT2D eigenvalue weighted by atomic mass is 16.6. The number of aliphatic carboxylic acids is 1. The molecule has 0 aromatic rings. The molecule has 10 nitrogen and oxygen atoms in total. The summed E-state index contributed by atoms with van der Waals surface area (Å²) in [5, 5.41) is 9.39. The molecule has 0 aromatic heterocycles. The van der Waals surface area contributed by atoms with Crippen molar-refractivity contribution in [1.29, 1.82) is 0 Å². The fourth-order valence-corrected chi connectivity index (χ4v) is 3.14. The van der Waals surface area contributed by atoms with E-state index in [1.807, 2.05) is 0 Å². The number of rotatable bonds is 13. The summed E-state index contributed by atoms with van der Waals surface area (Å²) in [5.74, 6) is -5.96. The molecule has 1 N–H and O–H groups in total. The third-order valence-corrected chi connectivity index (χ3v) is 4.97. The van der Waals surface area contributed by atoms with Crippen LogP contribution >= 0.6 is 0 Å². The van der Waals surface area contributed by atoms with Crippen LogP contribution < -0.4 is 0 Å². The Bertz CT molecular complexity index is 694. The summed E-state index contributed by atoms with van der Waals surface area (Å²) in [7, 11) is 0. The Balaban J connectivity index is 3.06. The average Bonchev–Trinajstić information content (AvgIpc) is 2.81. The van der Waals surface area contributed by atoms with E-state index in [0.29, 0.717) is 25.7 Å². The Kier molecular flexibility index (Phi) is 10.9. The number of ether oxygens (including phenoxy) is 4. The first-order valence-electron chi connectivity index (χ1n) is 9.95. The number of carboxylic acid groups (broad SMARTS) is 1. The van der Waals surface area contributed by atoms with Crippen molar-refractivity contribution >= 4 is 29.8 Å². The lowest BCUT2D eigenvalue weighted by atomic mass is 9.79. The van der Waals surface area contributed by atoms with Gasteiger partial charge in [-0.1, -0.05) is 32.6 Å². The molecule has 1 aliphatic rings. The summed E-state index contributed by atoms with van der Waals surface area (Å²) in [5.41, 5.74) is -1.46. The number of hydrogen-bond acceptors (Lipinski definition) is 9. The van der Waals surface area contributed by atoms with E-state index in [2.05, 4.69) is 19.7 Å².